The lowest BCUT2D eigenvalue weighted by molar-refractivity contribution is -0.173. The summed E-state index contributed by atoms with van der Waals surface area (Å²) in [6.07, 6.45) is 5.18. The third kappa shape index (κ3) is 5.50. The summed E-state index contributed by atoms with van der Waals surface area (Å²) in [5.41, 5.74) is -1.35. The van der Waals surface area contributed by atoms with Crippen molar-refractivity contribution in [1.82, 2.24) is 5.32 Å². The molecule has 43 heavy (non-hydrogen) atoms. The number of amides is 1. The number of aromatic hydroxyl groups is 2. The number of rotatable bonds is 9. The number of phenolic OH excluding ortho intramolecular Hbond substituents is 2. The van der Waals surface area contributed by atoms with Crippen LogP contribution in [0.15, 0.2) is 29.8 Å². The molecule has 0 bridgehead atoms. The van der Waals surface area contributed by atoms with Gasteiger partial charge in [-0.2, -0.15) is 0 Å². The van der Waals surface area contributed by atoms with Crippen molar-refractivity contribution in [3.05, 3.63) is 35.4 Å². The Bertz CT molecular complexity index is 1380. The summed E-state index contributed by atoms with van der Waals surface area (Å²) in [4.78, 5) is 63.7. The summed E-state index contributed by atoms with van der Waals surface area (Å²) in [5, 5.41) is 33.4. The van der Waals surface area contributed by atoms with Crippen LogP contribution in [0.3, 0.4) is 0 Å². The maximum absolute atomic E-state index is 13.7. The second kappa shape index (κ2) is 11.5. The van der Waals surface area contributed by atoms with E-state index in [1.165, 1.54) is 12.1 Å². The van der Waals surface area contributed by atoms with Crippen LogP contribution < -0.4 is 5.32 Å². The molecule has 1 amide bonds. The zero-order chi connectivity index (χ0) is 31.2. The maximum atomic E-state index is 13.7. The Hall–Kier alpha value is -3.53. The summed E-state index contributed by atoms with van der Waals surface area (Å²) in [6, 6.07) is 4.39. The molecular formula is C33H41NO9. The largest absolute Gasteiger partial charge is 0.504 e. The lowest BCUT2D eigenvalue weighted by Gasteiger charge is -2.57. The number of fused-ring (bicyclic) bond motifs is 5. The number of carbonyl (C=O) groups is 5. The molecule has 0 aliphatic heterocycles. The summed E-state index contributed by atoms with van der Waals surface area (Å²) >= 11 is 0. The molecule has 4 aliphatic rings. The number of hydrogen-bond donors (Lipinski definition) is 4. The molecule has 0 saturated heterocycles. The standard InChI is InChI=1S/C33H41NO9/c1-31-12-9-21(35)16-20(31)4-5-22-23-10-13-33(42,32(23,2)17-26(38)30(22)31)27(39)18-43-29(41)8-7-28(40)34-14-11-19-3-6-24(36)25(37)15-19/h3,6,15-16,22-23,30,36-37,42H,4-5,7-14,17-18H2,1-2H3,(H,34,40)/t22-,23-,30+,31+,32+,33+/m1/s1. The number of ether oxygens (including phenoxy) is 1. The van der Waals surface area contributed by atoms with E-state index in [1.807, 2.05) is 6.92 Å². The molecule has 0 spiro atoms. The van der Waals surface area contributed by atoms with Crippen LogP contribution in [0, 0.1) is 28.6 Å². The van der Waals surface area contributed by atoms with Crippen LogP contribution in [0.2, 0.25) is 0 Å². The number of esters is 1. The van der Waals surface area contributed by atoms with Gasteiger partial charge in [-0.25, -0.2) is 0 Å². The lowest BCUT2D eigenvalue weighted by Crippen LogP contribution is -2.61. The summed E-state index contributed by atoms with van der Waals surface area (Å²) in [5.74, 6) is -2.31. The van der Waals surface area contributed by atoms with Crippen LogP contribution in [-0.4, -0.2) is 63.3 Å². The highest BCUT2D eigenvalue weighted by Crippen LogP contribution is 2.66. The SMILES string of the molecule is C[C@]12CCC(=O)C=C1CC[C@H]1[C@H]2C(=O)C[C@@]2(C)[C@@H]1CC[C@]2(O)C(=O)COC(=O)CCC(=O)NCCc1ccc(O)c(O)c1. The van der Waals surface area contributed by atoms with Gasteiger partial charge in [-0.15, -0.1) is 0 Å². The van der Waals surface area contributed by atoms with Crippen molar-refractivity contribution in [1.29, 1.82) is 0 Å². The molecule has 1 aromatic rings. The van der Waals surface area contributed by atoms with Crippen LogP contribution in [0.5, 0.6) is 11.5 Å². The van der Waals surface area contributed by atoms with E-state index < -0.39 is 29.4 Å². The van der Waals surface area contributed by atoms with Crippen molar-refractivity contribution in [2.75, 3.05) is 13.2 Å². The van der Waals surface area contributed by atoms with E-state index in [0.29, 0.717) is 31.2 Å². The number of Topliss-reactive ketones (excluding diaryl/α,β-unsaturated/α-hetero) is 2. The van der Waals surface area contributed by atoms with Gasteiger partial charge in [0.1, 0.15) is 11.4 Å². The topological polar surface area (TPSA) is 167 Å². The molecule has 0 heterocycles. The van der Waals surface area contributed by atoms with Gasteiger partial charge in [0, 0.05) is 37.1 Å². The molecular weight excluding hydrogens is 554 g/mol. The third-order valence-electron chi connectivity index (χ3n) is 11.0. The van der Waals surface area contributed by atoms with Crippen molar-refractivity contribution >= 4 is 29.2 Å². The molecule has 3 fully saturated rings. The molecule has 10 heteroatoms. The van der Waals surface area contributed by atoms with Gasteiger partial charge in [0.25, 0.3) is 0 Å². The fourth-order valence-electron chi connectivity index (χ4n) is 8.56. The molecule has 10 nitrogen and oxygen atoms in total. The highest BCUT2D eigenvalue weighted by atomic mass is 16.5. The first-order chi connectivity index (χ1) is 20.3. The summed E-state index contributed by atoms with van der Waals surface area (Å²) in [7, 11) is 0. The molecule has 4 aliphatic carbocycles. The van der Waals surface area contributed by atoms with Gasteiger partial charge < -0.3 is 25.4 Å². The Labute approximate surface area is 250 Å². The van der Waals surface area contributed by atoms with Crippen molar-refractivity contribution < 1.29 is 44.0 Å². The quantitative estimate of drug-likeness (QED) is 0.248. The molecule has 0 aromatic heterocycles. The molecule has 6 atom stereocenters. The molecule has 0 unspecified atom stereocenters. The summed E-state index contributed by atoms with van der Waals surface area (Å²) < 4.78 is 5.18. The van der Waals surface area contributed by atoms with E-state index in [0.717, 1.165) is 18.4 Å². The Balaban J connectivity index is 1.13. The predicted molar refractivity (Wildman–Crippen MR) is 154 cm³/mol. The lowest BCUT2D eigenvalue weighted by atomic mass is 9.46. The fraction of sp³-hybridized carbons (Fsp3) is 0.606. The molecule has 232 valence electrons. The molecule has 4 N–H and O–H groups in total. The number of hydrogen-bond acceptors (Lipinski definition) is 9. The fourth-order valence-corrected chi connectivity index (χ4v) is 8.56. The average molecular weight is 596 g/mol. The number of benzene rings is 1. The van der Waals surface area contributed by atoms with Gasteiger partial charge in [0.15, 0.2) is 23.9 Å². The van der Waals surface area contributed by atoms with E-state index in [1.54, 1.807) is 12.1 Å². The zero-order valence-electron chi connectivity index (χ0n) is 24.8. The Morgan fingerprint density at radius 2 is 1.79 bits per heavy atom. The van der Waals surface area contributed by atoms with Gasteiger partial charge >= 0.3 is 5.97 Å². The second-order valence-electron chi connectivity index (χ2n) is 13.3. The van der Waals surface area contributed by atoms with E-state index in [4.69, 9.17) is 4.74 Å². The van der Waals surface area contributed by atoms with E-state index >= 15 is 0 Å². The highest BCUT2D eigenvalue weighted by Gasteiger charge is 2.68. The minimum absolute atomic E-state index is 0.0178. The molecule has 5 rings (SSSR count). The average Bonchev–Trinajstić information content (AvgIpc) is 3.23. The van der Waals surface area contributed by atoms with Crippen LogP contribution in [0.25, 0.3) is 0 Å². The summed E-state index contributed by atoms with van der Waals surface area (Å²) in [6.45, 7) is 3.55. The van der Waals surface area contributed by atoms with Crippen molar-refractivity contribution in [2.24, 2.45) is 28.6 Å². The van der Waals surface area contributed by atoms with Crippen molar-refractivity contribution in [3.63, 3.8) is 0 Å². The monoisotopic (exact) mass is 595 g/mol. The van der Waals surface area contributed by atoms with E-state index in [-0.39, 0.29) is 84.4 Å². The first-order valence-electron chi connectivity index (χ1n) is 15.2. The number of aliphatic hydroxyl groups is 1. The Morgan fingerprint density at radius 1 is 1.02 bits per heavy atom. The third-order valence-corrected chi connectivity index (χ3v) is 11.0. The highest BCUT2D eigenvalue weighted by molar-refractivity contribution is 5.95. The number of ketones is 3. The molecule has 3 saturated carbocycles. The van der Waals surface area contributed by atoms with Crippen LogP contribution in [0.1, 0.15) is 77.2 Å². The van der Waals surface area contributed by atoms with Gasteiger partial charge in [-0.05, 0) is 79.5 Å². The second-order valence-corrected chi connectivity index (χ2v) is 13.3. The van der Waals surface area contributed by atoms with E-state index in [9.17, 15) is 39.3 Å². The predicted octanol–water partition coefficient (Wildman–Crippen LogP) is 3.09. The van der Waals surface area contributed by atoms with Gasteiger partial charge in [-0.3, -0.25) is 24.0 Å². The normalized spacial score (nSPS) is 33.1. The molecule has 1 aromatic carbocycles. The first kappa shape index (κ1) is 30.9. The first-order valence-corrected chi connectivity index (χ1v) is 15.2. The Kier molecular flexibility index (Phi) is 8.28. The minimum Gasteiger partial charge on any atom is -0.504 e. The van der Waals surface area contributed by atoms with Gasteiger partial charge in [0.05, 0.1) is 6.42 Å². The zero-order valence-corrected chi connectivity index (χ0v) is 24.8. The van der Waals surface area contributed by atoms with Crippen molar-refractivity contribution in [3.8, 4) is 11.5 Å². The van der Waals surface area contributed by atoms with Crippen molar-refractivity contribution in [2.45, 2.75) is 83.7 Å². The van der Waals surface area contributed by atoms with Crippen LogP contribution >= 0.6 is 0 Å². The number of phenols is 2. The smallest absolute Gasteiger partial charge is 0.306 e. The number of nitrogens with one attached hydrogen (secondary N) is 1. The van der Waals surface area contributed by atoms with Gasteiger partial charge in [0.2, 0.25) is 11.7 Å². The van der Waals surface area contributed by atoms with Crippen LogP contribution in [-0.2, 0) is 35.1 Å². The van der Waals surface area contributed by atoms with E-state index in [2.05, 4.69) is 12.2 Å². The number of carbonyl (C=O) groups excluding carboxylic acids is 5. The maximum Gasteiger partial charge on any atom is 0.306 e. The van der Waals surface area contributed by atoms with Crippen LogP contribution in [0.4, 0.5) is 0 Å². The minimum atomic E-state index is -1.79. The number of allylic oxidation sites excluding steroid dienone is 1. The Morgan fingerprint density at radius 3 is 2.53 bits per heavy atom. The van der Waals surface area contributed by atoms with Gasteiger partial charge in [-0.1, -0.05) is 25.5 Å². The molecule has 0 radical (unpaired) electrons.